The summed E-state index contributed by atoms with van der Waals surface area (Å²) in [7, 11) is 0. The van der Waals surface area contributed by atoms with Gasteiger partial charge in [0.05, 0.1) is 11.3 Å². The summed E-state index contributed by atoms with van der Waals surface area (Å²) in [5.74, 6) is 1.46. The maximum atomic E-state index is 14.2. The second-order valence-corrected chi connectivity index (χ2v) is 8.83. The Kier molecular flexibility index (Phi) is 7.48. The third-order valence-electron chi connectivity index (χ3n) is 5.02. The lowest BCUT2D eigenvalue weighted by Gasteiger charge is -2.21. The van der Waals surface area contributed by atoms with Crippen molar-refractivity contribution in [1.82, 2.24) is 20.1 Å². The molecule has 152 valence electrons. The molecule has 1 fully saturated rings. The van der Waals surface area contributed by atoms with E-state index in [0.717, 1.165) is 6.54 Å². The first-order chi connectivity index (χ1) is 13.5. The summed E-state index contributed by atoms with van der Waals surface area (Å²) >= 11 is 1.36. The third-order valence-corrected chi connectivity index (χ3v) is 5.99. The Labute approximate surface area is 170 Å². The molecule has 28 heavy (non-hydrogen) atoms. The Balaban J connectivity index is 1.64. The van der Waals surface area contributed by atoms with Gasteiger partial charge in [0.25, 0.3) is 0 Å². The summed E-state index contributed by atoms with van der Waals surface area (Å²) in [5.41, 5.74) is 0.434. The molecule has 1 aliphatic rings. The zero-order valence-corrected chi connectivity index (χ0v) is 17.5. The average Bonchev–Trinajstić information content (AvgIpc) is 3.07. The number of benzene rings is 1. The molecule has 0 atom stereocenters. The van der Waals surface area contributed by atoms with E-state index in [4.69, 9.17) is 0 Å². The molecule has 1 aliphatic carbocycles. The predicted octanol–water partition coefficient (Wildman–Crippen LogP) is 4.53. The van der Waals surface area contributed by atoms with Gasteiger partial charge in [0.2, 0.25) is 5.91 Å². The van der Waals surface area contributed by atoms with Crippen LogP contribution in [0, 0.1) is 17.7 Å². The standard InChI is InChI=1S/C21H29FN4OS/c1-15(2)13-26-20(17-10-6-7-11-18(17)22)24-25-21(26)28-14-19(27)23-12-16-8-4-3-5-9-16/h6-7,10-11,15-16H,3-5,8-9,12-14H2,1-2H3,(H,23,27). The van der Waals surface area contributed by atoms with E-state index in [2.05, 4.69) is 29.4 Å². The topological polar surface area (TPSA) is 59.8 Å². The van der Waals surface area contributed by atoms with Gasteiger partial charge in [-0.1, -0.05) is 57.0 Å². The molecule has 2 aromatic rings. The van der Waals surface area contributed by atoms with Gasteiger partial charge in [0.1, 0.15) is 5.82 Å². The molecule has 1 heterocycles. The van der Waals surface area contributed by atoms with E-state index in [0.29, 0.717) is 40.7 Å². The van der Waals surface area contributed by atoms with Crippen LogP contribution in [0.1, 0.15) is 46.0 Å². The first kappa shape index (κ1) is 20.8. The number of rotatable bonds is 8. The van der Waals surface area contributed by atoms with E-state index < -0.39 is 0 Å². The molecule has 0 radical (unpaired) electrons. The summed E-state index contributed by atoms with van der Waals surface area (Å²) in [5, 5.41) is 12.2. The van der Waals surface area contributed by atoms with Gasteiger partial charge in [-0.3, -0.25) is 4.79 Å². The Morgan fingerprint density at radius 1 is 1.25 bits per heavy atom. The third kappa shape index (κ3) is 5.56. The summed E-state index contributed by atoms with van der Waals surface area (Å²) in [6.45, 7) is 5.62. The maximum absolute atomic E-state index is 14.2. The monoisotopic (exact) mass is 404 g/mol. The normalized spacial score (nSPS) is 15.1. The van der Waals surface area contributed by atoms with Crippen molar-refractivity contribution >= 4 is 17.7 Å². The van der Waals surface area contributed by atoms with Crippen LogP contribution in [-0.2, 0) is 11.3 Å². The zero-order chi connectivity index (χ0) is 19.9. The fourth-order valence-electron chi connectivity index (χ4n) is 3.60. The van der Waals surface area contributed by atoms with Crippen molar-refractivity contribution in [2.45, 2.75) is 57.7 Å². The molecule has 7 heteroatoms. The molecule has 1 N–H and O–H groups in total. The molecule has 0 bridgehead atoms. The highest BCUT2D eigenvalue weighted by Crippen LogP contribution is 2.27. The van der Waals surface area contributed by atoms with Crippen molar-refractivity contribution < 1.29 is 9.18 Å². The lowest BCUT2D eigenvalue weighted by atomic mass is 9.89. The molecule has 5 nitrogen and oxygen atoms in total. The van der Waals surface area contributed by atoms with E-state index in [1.807, 2.05) is 4.57 Å². The lowest BCUT2D eigenvalue weighted by molar-refractivity contribution is -0.118. The number of nitrogens with one attached hydrogen (secondary N) is 1. The number of hydrogen-bond acceptors (Lipinski definition) is 4. The van der Waals surface area contributed by atoms with Gasteiger partial charge < -0.3 is 9.88 Å². The number of thioether (sulfide) groups is 1. The van der Waals surface area contributed by atoms with Crippen molar-refractivity contribution in [2.75, 3.05) is 12.3 Å². The molecule has 0 spiro atoms. The quantitative estimate of drug-likeness (QED) is 0.657. The SMILES string of the molecule is CC(C)Cn1c(SCC(=O)NCC2CCCCC2)nnc1-c1ccccc1F. The minimum Gasteiger partial charge on any atom is -0.355 e. The van der Waals surface area contributed by atoms with E-state index in [1.165, 1.54) is 49.9 Å². The first-order valence-corrected chi connectivity index (χ1v) is 11.1. The number of carbonyl (C=O) groups is 1. The number of nitrogens with zero attached hydrogens (tertiary/aromatic N) is 3. The molecular formula is C21H29FN4OS. The number of hydrogen-bond donors (Lipinski definition) is 1. The largest absolute Gasteiger partial charge is 0.355 e. The van der Waals surface area contributed by atoms with E-state index >= 15 is 0 Å². The van der Waals surface area contributed by atoms with Crippen molar-refractivity contribution in [2.24, 2.45) is 11.8 Å². The maximum Gasteiger partial charge on any atom is 0.230 e. The average molecular weight is 405 g/mol. The smallest absolute Gasteiger partial charge is 0.230 e. The minimum atomic E-state index is -0.318. The van der Waals surface area contributed by atoms with Crippen LogP contribution in [0.5, 0.6) is 0 Å². The van der Waals surface area contributed by atoms with Crippen LogP contribution in [0.3, 0.4) is 0 Å². The van der Waals surface area contributed by atoms with Crippen LogP contribution in [0.4, 0.5) is 4.39 Å². The zero-order valence-electron chi connectivity index (χ0n) is 16.7. The molecule has 1 aromatic carbocycles. The number of halogens is 1. The number of amides is 1. The fraction of sp³-hybridized carbons (Fsp3) is 0.571. The summed E-state index contributed by atoms with van der Waals surface area (Å²) < 4.78 is 16.2. The van der Waals surface area contributed by atoms with Crippen molar-refractivity contribution in [1.29, 1.82) is 0 Å². The molecule has 0 aliphatic heterocycles. The minimum absolute atomic E-state index is 0.0158. The molecule has 1 aromatic heterocycles. The van der Waals surface area contributed by atoms with E-state index in [1.54, 1.807) is 18.2 Å². The molecule has 0 saturated heterocycles. The van der Waals surface area contributed by atoms with Gasteiger partial charge in [0.15, 0.2) is 11.0 Å². The van der Waals surface area contributed by atoms with Gasteiger partial charge in [-0.15, -0.1) is 10.2 Å². The molecule has 3 rings (SSSR count). The van der Waals surface area contributed by atoms with Crippen LogP contribution in [-0.4, -0.2) is 33.0 Å². The highest BCUT2D eigenvalue weighted by atomic mass is 32.2. The van der Waals surface area contributed by atoms with Crippen molar-refractivity contribution in [3.63, 3.8) is 0 Å². The fourth-order valence-corrected chi connectivity index (χ4v) is 4.38. The highest BCUT2D eigenvalue weighted by molar-refractivity contribution is 7.99. The van der Waals surface area contributed by atoms with Gasteiger partial charge >= 0.3 is 0 Å². The first-order valence-electron chi connectivity index (χ1n) is 10.1. The summed E-state index contributed by atoms with van der Waals surface area (Å²) in [6.07, 6.45) is 6.28. The van der Waals surface area contributed by atoms with Gasteiger partial charge in [-0.05, 0) is 36.8 Å². The van der Waals surface area contributed by atoms with E-state index in [-0.39, 0.29) is 11.7 Å². The van der Waals surface area contributed by atoms with Gasteiger partial charge in [0, 0.05) is 13.1 Å². The van der Waals surface area contributed by atoms with Crippen LogP contribution < -0.4 is 5.32 Å². The van der Waals surface area contributed by atoms with Crippen LogP contribution >= 0.6 is 11.8 Å². The Hall–Kier alpha value is -1.89. The summed E-state index contributed by atoms with van der Waals surface area (Å²) in [4.78, 5) is 12.3. The van der Waals surface area contributed by atoms with Gasteiger partial charge in [-0.2, -0.15) is 0 Å². The van der Waals surface area contributed by atoms with E-state index in [9.17, 15) is 9.18 Å². The van der Waals surface area contributed by atoms with Gasteiger partial charge in [-0.25, -0.2) is 4.39 Å². The van der Waals surface area contributed by atoms with Crippen LogP contribution in [0.25, 0.3) is 11.4 Å². The second kappa shape index (κ2) is 10.0. The van der Waals surface area contributed by atoms with Crippen LogP contribution in [0.15, 0.2) is 29.4 Å². The number of carbonyl (C=O) groups excluding carboxylic acids is 1. The molecule has 0 unspecified atom stereocenters. The Morgan fingerprint density at radius 3 is 2.71 bits per heavy atom. The van der Waals surface area contributed by atoms with Crippen molar-refractivity contribution in [3.05, 3.63) is 30.1 Å². The number of aromatic nitrogens is 3. The molecule has 1 amide bonds. The van der Waals surface area contributed by atoms with Crippen molar-refractivity contribution in [3.8, 4) is 11.4 Å². The summed E-state index contributed by atoms with van der Waals surface area (Å²) in [6, 6.07) is 6.59. The van der Waals surface area contributed by atoms with Crippen LogP contribution in [0.2, 0.25) is 0 Å². The molecular weight excluding hydrogens is 375 g/mol. The Bertz CT molecular complexity index is 786. The highest BCUT2D eigenvalue weighted by Gasteiger charge is 2.19. The predicted molar refractivity (Wildman–Crippen MR) is 111 cm³/mol. The Morgan fingerprint density at radius 2 is 2.00 bits per heavy atom. The molecule has 1 saturated carbocycles. The second-order valence-electron chi connectivity index (χ2n) is 7.89. The lowest BCUT2D eigenvalue weighted by Crippen LogP contribution is -2.31.